The molecule has 3 atom stereocenters. The standard InChI is InChI=1S/C42H40N2/c1-3-14-33(15-4-1)43-39-20-9-7-18-35(39)37-27-31(22-24-41(37)43)29-12-11-13-30(26-29)32-23-25-42-38(28-32)36-19-8-10-21-40(36)44(42)34-16-5-2-6-17-34/h1,3,5,7-9,14,16-20,22-28,30,38,42H,2,4,6,10-13,15,21H2. The summed E-state index contributed by atoms with van der Waals surface area (Å²) in [6.07, 6.45) is 39.5. The van der Waals surface area contributed by atoms with Gasteiger partial charge in [0.1, 0.15) is 0 Å². The summed E-state index contributed by atoms with van der Waals surface area (Å²) < 4.78 is 2.50. The van der Waals surface area contributed by atoms with Crippen LogP contribution < -0.4 is 0 Å². The molecule has 0 N–H and O–H groups in total. The van der Waals surface area contributed by atoms with Gasteiger partial charge in [-0.15, -0.1) is 0 Å². The van der Waals surface area contributed by atoms with Crippen molar-refractivity contribution in [3.8, 4) is 0 Å². The van der Waals surface area contributed by atoms with Crippen LogP contribution in [0.1, 0.15) is 63.4 Å². The highest BCUT2D eigenvalue weighted by atomic mass is 15.2. The van der Waals surface area contributed by atoms with E-state index in [0.717, 1.165) is 44.9 Å². The van der Waals surface area contributed by atoms with Crippen LogP contribution in [0.4, 0.5) is 0 Å². The zero-order chi connectivity index (χ0) is 29.0. The molecule has 1 aliphatic heterocycles. The van der Waals surface area contributed by atoms with Crippen LogP contribution in [0.3, 0.4) is 0 Å². The van der Waals surface area contributed by atoms with E-state index < -0.39 is 0 Å². The predicted molar refractivity (Wildman–Crippen MR) is 186 cm³/mol. The highest BCUT2D eigenvalue weighted by Crippen LogP contribution is 2.47. The zero-order valence-corrected chi connectivity index (χ0v) is 25.5. The van der Waals surface area contributed by atoms with E-state index in [1.54, 1.807) is 11.3 Å². The topological polar surface area (TPSA) is 8.17 Å². The maximum atomic E-state index is 2.66. The average Bonchev–Trinajstić information content (AvgIpc) is 3.61. The third-order valence-corrected chi connectivity index (χ3v) is 10.7. The number of hydrogen-bond donors (Lipinski definition) is 0. The van der Waals surface area contributed by atoms with Crippen molar-refractivity contribution < 1.29 is 0 Å². The van der Waals surface area contributed by atoms with E-state index in [4.69, 9.17) is 0 Å². The quantitative estimate of drug-likeness (QED) is 0.302. The van der Waals surface area contributed by atoms with Crippen molar-refractivity contribution in [1.82, 2.24) is 9.47 Å². The third kappa shape index (κ3) is 4.22. The largest absolute Gasteiger partial charge is 0.337 e. The fraction of sp³-hybridized carbons (Fsp3) is 0.286. The van der Waals surface area contributed by atoms with Gasteiger partial charge in [-0.3, -0.25) is 0 Å². The van der Waals surface area contributed by atoms with E-state index in [1.165, 1.54) is 62.8 Å². The summed E-state index contributed by atoms with van der Waals surface area (Å²) in [5, 5.41) is 2.73. The number of allylic oxidation sites excluding steroid dienone is 14. The molecule has 218 valence electrons. The summed E-state index contributed by atoms with van der Waals surface area (Å²) in [6, 6.07) is 16.6. The van der Waals surface area contributed by atoms with E-state index in [9.17, 15) is 0 Å². The lowest BCUT2D eigenvalue weighted by Gasteiger charge is -2.34. The second-order valence-corrected chi connectivity index (χ2v) is 13.3. The molecule has 5 aliphatic carbocycles. The van der Waals surface area contributed by atoms with Crippen molar-refractivity contribution >= 4 is 33.1 Å². The maximum absolute atomic E-state index is 2.66. The zero-order valence-electron chi connectivity index (χ0n) is 25.5. The van der Waals surface area contributed by atoms with Crippen LogP contribution in [0.15, 0.2) is 138 Å². The number of para-hydroxylation sites is 1. The number of aromatic nitrogens is 1. The second-order valence-electron chi connectivity index (χ2n) is 13.3. The van der Waals surface area contributed by atoms with Crippen molar-refractivity contribution in [2.45, 2.75) is 63.8 Å². The van der Waals surface area contributed by atoms with Crippen LogP contribution in [-0.2, 0) is 0 Å². The molecule has 0 bridgehead atoms. The molecular weight excluding hydrogens is 532 g/mol. The number of rotatable bonds is 4. The molecule has 0 saturated heterocycles. The summed E-state index contributed by atoms with van der Waals surface area (Å²) >= 11 is 0. The minimum Gasteiger partial charge on any atom is -0.337 e. The highest BCUT2D eigenvalue weighted by Gasteiger charge is 2.40. The molecule has 0 saturated carbocycles. The van der Waals surface area contributed by atoms with Gasteiger partial charge in [0, 0.05) is 39.7 Å². The Hall–Kier alpha value is -4.30. The van der Waals surface area contributed by atoms with Gasteiger partial charge in [0.15, 0.2) is 0 Å². The molecular formula is C42H40N2. The Morgan fingerprint density at radius 1 is 0.750 bits per heavy atom. The fourth-order valence-corrected chi connectivity index (χ4v) is 8.66. The van der Waals surface area contributed by atoms with Crippen molar-refractivity contribution in [1.29, 1.82) is 0 Å². The molecule has 3 aromatic rings. The summed E-state index contributed by atoms with van der Waals surface area (Å²) in [7, 11) is 0. The lowest BCUT2D eigenvalue weighted by molar-refractivity contribution is 0.360. The van der Waals surface area contributed by atoms with Gasteiger partial charge in [-0.25, -0.2) is 0 Å². The lowest BCUT2D eigenvalue weighted by Crippen LogP contribution is -2.33. The Bertz CT molecular complexity index is 1960. The first kappa shape index (κ1) is 26.1. The van der Waals surface area contributed by atoms with E-state index in [1.807, 2.05) is 0 Å². The number of hydrogen-bond acceptors (Lipinski definition) is 1. The van der Waals surface area contributed by atoms with Gasteiger partial charge >= 0.3 is 0 Å². The first-order chi connectivity index (χ1) is 21.8. The average molecular weight is 573 g/mol. The molecule has 1 aromatic heterocycles. The first-order valence-corrected chi connectivity index (χ1v) is 16.9. The molecule has 2 aromatic carbocycles. The van der Waals surface area contributed by atoms with Gasteiger partial charge in [-0.05, 0) is 110 Å². The molecule has 0 spiro atoms. The molecule has 0 amide bonds. The molecule has 0 radical (unpaired) electrons. The van der Waals surface area contributed by atoms with Crippen LogP contribution in [0.2, 0.25) is 0 Å². The van der Waals surface area contributed by atoms with Gasteiger partial charge in [-0.1, -0.05) is 85.0 Å². The Morgan fingerprint density at radius 2 is 1.66 bits per heavy atom. The number of nitrogens with zero attached hydrogens (tertiary/aromatic N) is 2. The Morgan fingerprint density at radius 3 is 2.57 bits per heavy atom. The number of fused-ring (bicyclic) bond motifs is 5. The van der Waals surface area contributed by atoms with Crippen molar-refractivity contribution in [2.75, 3.05) is 0 Å². The van der Waals surface area contributed by atoms with Crippen LogP contribution in [0.5, 0.6) is 0 Å². The molecule has 2 heterocycles. The minimum absolute atomic E-state index is 0.405. The molecule has 2 nitrogen and oxygen atoms in total. The third-order valence-electron chi connectivity index (χ3n) is 10.7. The van der Waals surface area contributed by atoms with E-state index >= 15 is 0 Å². The molecule has 9 rings (SSSR count). The molecule has 6 aliphatic rings. The van der Waals surface area contributed by atoms with Gasteiger partial charge < -0.3 is 9.47 Å². The van der Waals surface area contributed by atoms with Crippen molar-refractivity contribution in [2.24, 2.45) is 11.8 Å². The first-order valence-electron chi connectivity index (χ1n) is 16.9. The van der Waals surface area contributed by atoms with Crippen LogP contribution >= 0.6 is 0 Å². The van der Waals surface area contributed by atoms with Crippen LogP contribution in [-0.4, -0.2) is 15.5 Å². The molecule has 0 fully saturated rings. The summed E-state index contributed by atoms with van der Waals surface area (Å²) in [6.45, 7) is 0. The lowest BCUT2D eigenvalue weighted by atomic mass is 9.78. The summed E-state index contributed by atoms with van der Waals surface area (Å²) in [4.78, 5) is 2.66. The van der Waals surface area contributed by atoms with E-state index in [2.05, 4.69) is 125 Å². The predicted octanol–water partition coefficient (Wildman–Crippen LogP) is 10.8. The van der Waals surface area contributed by atoms with Crippen molar-refractivity contribution in [3.63, 3.8) is 0 Å². The SMILES string of the molecule is C1=CCCC(n2c3ccccc3c3cc(C4=CC(C5=CC6C7=C(CCC=C7)N(C7=CCCC=C7)C6C=C5)CCC4)ccc32)=C1. The summed E-state index contributed by atoms with van der Waals surface area (Å²) in [5.74, 6) is 0.926. The van der Waals surface area contributed by atoms with Gasteiger partial charge in [0.05, 0.1) is 17.1 Å². The van der Waals surface area contributed by atoms with Gasteiger partial charge in [0.2, 0.25) is 0 Å². The normalized spacial score (nSPS) is 26.1. The Kier molecular flexibility index (Phi) is 6.35. The number of benzene rings is 2. The van der Waals surface area contributed by atoms with Gasteiger partial charge in [0.25, 0.3) is 0 Å². The highest BCUT2D eigenvalue weighted by molar-refractivity contribution is 6.10. The maximum Gasteiger partial charge on any atom is 0.0626 e. The minimum atomic E-state index is 0.405. The Balaban J connectivity index is 1.07. The monoisotopic (exact) mass is 572 g/mol. The second kappa shape index (κ2) is 10.7. The molecule has 3 unspecified atom stereocenters. The smallest absolute Gasteiger partial charge is 0.0626 e. The summed E-state index contributed by atoms with van der Waals surface area (Å²) in [5.41, 5.74) is 13.0. The van der Waals surface area contributed by atoms with E-state index in [0.29, 0.717) is 17.9 Å². The fourth-order valence-electron chi connectivity index (χ4n) is 8.66. The molecule has 2 heteroatoms. The molecule has 44 heavy (non-hydrogen) atoms. The van der Waals surface area contributed by atoms with Crippen LogP contribution in [0.25, 0.3) is 33.1 Å². The van der Waals surface area contributed by atoms with Crippen LogP contribution in [0, 0.1) is 11.8 Å². The Labute approximate surface area is 261 Å². The van der Waals surface area contributed by atoms with E-state index in [-0.39, 0.29) is 0 Å². The van der Waals surface area contributed by atoms with Crippen molar-refractivity contribution in [3.05, 3.63) is 143 Å². The van der Waals surface area contributed by atoms with Gasteiger partial charge in [-0.2, -0.15) is 0 Å².